The molecule has 1 fully saturated rings. The Hall–Kier alpha value is -3.59. The van der Waals surface area contributed by atoms with Crippen LogP contribution in [0.4, 0.5) is 15.8 Å². The summed E-state index contributed by atoms with van der Waals surface area (Å²) in [7, 11) is 0. The second kappa shape index (κ2) is 8.08. The number of piperazine rings is 1. The molecule has 8 nitrogen and oxygen atoms in total. The van der Waals surface area contributed by atoms with Gasteiger partial charge in [-0.15, -0.1) is 0 Å². The van der Waals surface area contributed by atoms with Gasteiger partial charge in [-0.2, -0.15) is 0 Å². The van der Waals surface area contributed by atoms with Gasteiger partial charge in [-0.1, -0.05) is 0 Å². The quantitative estimate of drug-likeness (QED) is 0.500. The average Bonchev–Trinajstić information content (AvgIpc) is 3.18. The lowest BCUT2D eigenvalue weighted by atomic mass is 10.1. The topological polar surface area (TPSA) is 87.5 Å². The summed E-state index contributed by atoms with van der Waals surface area (Å²) >= 11 is 0. The Labute approximate surface area is 190 Å². The molecule has 1 aromatic carbocycles. The molecule has 0 spiro atoms. The van der Waals surface area contributed by atoms with Gasteiger partial charge in [-0.25, -0.2) is 9.37 Å². The number of aryl methyl sites for hydroxylation is 2. The highest BCUT2D eigenvalue weighted by Gasteiger charge is 2.25. The lowest BCUT2D eigenvalue weighted by Crippen LogP contribution is -2.54. The molecule has 1 aliphatic rings. The van der Waals surface area contributed by atoms with Crippen molar-refractivity contribution in [2.75, 3.05) is 23.3 Å². The summed E-state index contributed by atoms with van der Waals surface area (Å²) < 4.78 is 16.2. The predicted molar refractivity (Wildman–Crippen MR) is 126 cm³/mol. The van der Waals surface area contributed by atoms with Crippen LogP contribution in [0.15, 0.2) is 36.8 Å². The van der Waals surface area contributed by atoms with E-state index in [-0.39, 0.29) is 11.6 Å². The molecule has 0 unspecified atom stereocenters. The molecule has 2 atom stereocenters. The highest BCUT2D eigenvalue weighted by molar-refractivity contribution is 6.13. The number of hydrogen-bond acceptors (Lipinski definition) is 6. The van der Waals surface area contributed by atoms with Crippen molar-refractivity contribution in [2.24, 2.45) is 0 Å². The van der Waals surface area contributed by atoms with E-state index in [1.807, 2.05) is 13.0 Å². The van der Waals surface area contributed by atoms with Crippen LogP contribution in [0.2, 0.25) is 0 Å². The van der Waals surface area contributed by atoms with Crippen molar-refractivity contribution in [3.8, 4) is 0 Å². The SMILES string of the molecule is Cc1cn2c(C)c(NC(=O)c3ccc(N4C[C@H](C)N[C@@H](C)C4)c4nccnc34)cc(F)c2n1. The zero-order valence-corrected chi connectivity index (χ0v) is 19.1. The summed E-state index contributed by atoms with van der Waals surface area (Å²) in [6.07, 6.45) is 4.96. The zero-order valence-electron chi connectivity index (χ0n) is 19.1. The van der Waals surface area contributed by atoms with Crippen LogP contribution in [0.1, 0.15) is 35.6 Å². The fourth-order valence-electron chi connectivity index (χ4n) is 4.67. The van der Waals surface area contributed by atoms with E-state index in [0.29, 0.717) is 45.8 Å². The summed E-state index contributed by atoms with van der Waals surface area (Å²) in [6.45, 7) is 9.60. The van der Waals surface area contributed by atoms with Crippen LogP contribution in [0, 0.1) is 19.7 Å². The number of rotatable bonds is 3. The highest BCUT2D eigenvalue weighted by Crippen LogP contribution is 2.29. The second-order valence-electron chi connectivity index (χ2n) is 8.78. The summed E-state index contributed by atoms with van der Waals surface area (Å²) in [4.78, 5) is 28.8. The minimum atomic E-state index is -0.494. The first-order chi connectivity index (χ1) is 15.8. The smallest absolute Gasteiger partial charge is 0.257 e. The van der Waals surface area contributed by atoms with Gasteiger partial charge in [-0.05, 0) is 39.8 Å². The molecule has 1 aliphatic heterocycles. The molecule has 5 rings (SSSR count). The van der Waals surface area contributed by atoms with Crippen molar-refractivity contribution in [1.82, 2.24) is 24.7 Å². The fourth-order valence-corrected chi connectivity index (χ4v) is 4.67. The maximum Gasteiger partial charge on any atom is 0.257 e. The molecule has 1 amide bonds. The maximum atomic E-state index is 14.6. The first kappa shape index (κ1) is 21.3. The van der Waals surface area contributed by atoms with E-state index in [1.54, 1.807) is 36.0 Å². The van der Waals surface area contributed by atoms with Crippen LogP contribution in [-0.2, 0) is 0 Å². The molecule has 4 heterocycles. The largest absolute Gasteiger partial charge is 0.367 e. The molecule has 0 aliphatic carbocycles. The van der Waals surface area contributed by atoms with Crippen molar-refractivity contribution in [2.45, 2.75) is 39.8 Å². The number of benzene rings is 1. The molecule has 4 aromatic rings. The molecule has 0 radical (unpaired) electrons. The summed E-state index contributed by atoms with van der Waals surface area (Å²) in [5.74, 6) is -0.862. The van der Waals surface area contributed by atoms with Gasteiger partial charge in [0.2, 0.25) is 0 Å². The Bertz CT molecular complexity index is 1370. The average molecular weight is 448 g/mol. The van der Waals surface area contributed by atoms with Crippen LogP contribution in [-0.4, -0.2) is 50.4 Å². The lowest BCUT2D eigenvalue weighted by Gasteiger charge is -2.38. The number of anilines is 2. The first-order valence-electron chi connectivity index (χ1n) is 11.0. The zero-order chi connectivity index (χ0) is 23.3. The molecular weight excluding hydrogens is 421 g/mol. The summed E-state index contributed by atoms with van der Waals surface area (Å²) in [5.41, 5.74) is 4.55. The highest BCUT2D eigenvalue weighted by atomic mass is 19.1. The van der Waals surface area contributed by atoms with Gasteiger partial charge in [0.1, 0.15) is 11.0 Å². The number of nitrogens with one attached hydrogen (secondary N) is 2. The Morgan fingerprint density at radius 1 is 1.12 bits per heavy atom. The number of halogens is 1. The van der Waals surface area contributed by atoms with Crippen molar-refractivity contribution in [3.05, 3.63) is 59.6 Å². The molecule has 33 heavy (non-hydrogen) atoms. The van der Waals surface area contributed by atoms with E-state index in [2.05, 4.69) is 44.3 Å². The number of carbonyl (C=O) groups excluding carboxylic acids is 1. The second-order valence-corrected chi connectivity index (χ2v) is 8.78. The van der Waals surface area contributed by atoms with Gasteiger partial charge in [0.05, 0.1) is 22.6 Å². The third-order valence-corrected chi connectivity index (χ3v) is 6.06. The standard InChI is InChI=1S/C24H26FN7O/c1-13-10-31(11-14(2)28-13)20-6-5-17(21-22(20)27-8-7-26-21)24(33)30-19-9-18(25)23-29-15(3)12-32(23)16(19)4/h5-9,12-14,28H,10-11H2,1-4H3,(H,30,33)/t13-,14-/m0/s1. The molecule has 9 heteroatoms. The van der Waals surface area contributed by atoms with Gasteiger partial charge in [0.15, 0.2) is 11.5 Å². The number of amides is 1. The number of pyridine rings is 1. The Balaban J connectivity index is 1.53. The summed E-state index contributed by atoms with van der Waals surface area (Å²) in [5, 5.41) is 6.38. The maximum absolute atomic E-state index is 14.6. The van der Waals surface area contributed by atoms with Gasteiger partial charge in [0, 0.05) is 55.5 Å². The molecule has 1 saturated heterocycles. The van der Waals surface area contributed by atoms with Gasteiger partial charge >= 0.3 is 0 Å². The van der Waals surface area contributed by atoms with E-state index < -0.39 is 5.82 Å². The molecule has 2 N–H and O–H groups in total. The van der Waals surface area contributed by atoms with Crippen molar-refractivity contribution in [3.63, 3.8) is 0 Å². The molecular formula is C24H26FN7O. The van der Waals surface area contributed by atoms with Gasteiger partial charge < -0.3 is 15.5 Å². The fraction of sp³-hybridized carbons (Fsp3) is 0.333. The third kappa shape index (κ3) is 3.78. The normalized spacial score (nSPS) is 18.8. The van der Waals surface area contributed by atoms with Crippen molar-refractivity contribution < 1.29 is 9.18 Å². The van der Waals surface area contributed by atoms with Gasteiger partial charge in [0.25, 0.3) is 5.91 Å². The number of fused-ring (bicyclic) bond motifs is 2. The molecule has 170 valence electrons. The predicted octanol–water partition coefficient (Wildman–Crippen LogP) is 3.47. The Kier molecular flexibility index (Phi) is 5.20. The minimum Gasteiger partial charge on any atom is -0.367 e. The number of nitrogens with zero attached hydrogens (tertiary/aromatic N) is 5. The van der Waals surface area contributed by atoms with Crippen LogP contribution in [0.25, 0.3) is 16.7 Å². The number of imidazole rings is 1. The van der Waals surface area contributed by atoms with Gasteiger partial charge in [-0.3, -0.25) is 19.2 Å². The Morgan fingerprint density at radius 3 is 2.55 bits per heavy atom. The van der Waals surface area contributed by atoms with Crippen LogP contribution in [0.3, 0.4) is 0 Å². The Morgan fingerprint density at radius 2 is 1.82 bits per heavy atom. The monoisotopic (exact) mass is 447 g/mol. The van der Waals surface area contributed by atoms with Crippen molar-refractivity contribution in [1.29, 1.82) is 0 Å². The lowest BCUT2D eigenvalue weighted by molar-refractivity contribution is 0.102. The molecule has 0 bridgehead atoms. The van der Waals surface area contributed by atoms with Crippen LogP contribution in [0.5, 0.6) is 0 Å². The number of hydrogen-bond donors (Lipinski definition) is 2. The van der Waals surface area contributed by atoms with E-state index in [1.165, 1.54) is 6.07 Å². The summed E-state index contributed by atoms with van der Waals surface area (Å²) in [6, 6.07) is 5.67. The van der Waals surface area contributed by atoms with E-state index in [9.17, 15) is 9.18 Å². The minimum absolute atomic E-state index is 0.239. The number of carbonyl (C=O) groups is 1. The van der Waals surface area contributed by atoms with Crippen LogP contribution < -0.4 is 15.5 Å². The number of aromatic nitrogens is 4. The van der Waals surface area contributed by atoms with E-state index in [4.69, 9.17) is 0 Å². The third-order valence-electron chi connectivity index (χ3n) is 6.06. The van der Waals surface area contributed by atoms with E-state index in [0.717, 1.165) is 18.8 Å². The first-order valence-corrected chi connectivity index (χ1v) is 11.0. The molecule has 3 aromatic heterocycles. The van der Waals surface area contributed by atoms with Crippen LogP contribution >= 0.6 is 0 Å². The van der Waals surface area contributed by atoms with E-state index >= 15 is 0 Å². The molecule has 0 saturated carbocycles. The van der Waals surface area contributed by atoms with Crippen molar-refractivity contribution >= 4 is 34.0 Å².